The number of benzene rings is 1. The summed E-state index contributed by atoms with van der Waals surface area (Å²) in [7, 11) is 1.53. The minimum absolute atomic E-state index is 0.130. The quantitative estimate of drug-likeness (QED) is 0.817. The lowest BCUT2D eigenvalue weighted by atomic mass is 9.91. The molecule has 0 radical (unpaired) electrons. The third kappa shape index (κ3) is 4.48. The zero-order valence-electron chi connectivity index (χ0n) is 14.3. The molecular formula is C18H18F3NO2S. The van der Waals surface area contributed by atoms with Crippen molar-refractivity contribution in [2.75, 3.05) is 0 Å². The van der Waals surface area contributed by atoms with Crippen molar-refractivity contribution in [3.05, 3.63) is 54.9 Å². The fourth-order valence-electron chi connectivity index (χ4n) is 1.99. The van der Waals surface area contributed by atoms with E-state index in [0.29, 0.717) is 4.66 Å². The van der Waals surface area contributed by atoms with E-state index in [1.807, 2.05) is 0 Å². The molecule has 0 atom stereocenters. The van der Waals surface area contributed by atoms with Gasteiger partial charge in [-0.25, -0.2) is 0 Å². The third-order valence-electron chi connectivity index (χ3n) is 3.57. The molecule has 2 aromatic rings. The summed E-state index contributed by atoms with van der Waals surface area (Å²) in [6, 6.07) is 4.76. The number of Topliss-reactive ketones (excluding diaryl/α,β-unsaturated/α-hetero) is 1. The number of alkyl halides is 3. The lowest BCUT2D eigenvalue weighted by molar-refractivity contribution is -0.137. The van der Waals surface area contributed by atoms with Crippen LogP contribution in [0, 0.1) is 5.41 Å². The summed E-state index contributed by atoms with van der Waals surface area (Å²) in [5.41, 5.74) is -1.42. The Labute approximate surface area is 146 Å². The number of hydrogen-bond donors (Lipinski definition) is 0. The van der Waals surface area contributed by atoms with Gasteiger partial charge < -0.3 is 4.57 Å². The van der Waals surface area contributed by atoms with E-state index >= 15 is 0 Å². The van der Waals surface area contributed by atoms with Gasteiger partial charge in [0.05, 0.1) is 10.1 Å². The van der Waals surface area contributed by atoms with Crippen LogP contribution in [0.3, 0.4) is 0 Å². The van der Waals surface area contributed by atoms with E-state index in [-0.39, 0.29) is 21.4 Å². The van der Waals surface area contributed by atoms with Gasteiger partial charge in [0.2, 0.25) is 0 Å². The standard InChI is InChI=1S/C18H18F3NO2S/c1-17(2,3)14(23)10-15-22(4)16(24)13(25-15)9-11-6-5-7-12(8-11)18(19,20)21/h5-10H,1-4H3. The van der Waals surface area contributed by atoms with Crippen LogP contribution in [-0.2, 0) is 18.0 Å². The molecule has 0 unspecified atom stereocenters. The van der Waals surface area contributed by atoms with Crippen LogP contribution in [0.1, 0.15) is 31.9 Å². The summed E-state index contributed by atoms with van der Waals surface area (Å²) >= 11 is 1.08. The van der Waals surface area contributed by atoms with Crippen molar-refractivity contribution in [2.24, 2.45) is 12.5 Å². The average Bonchev–Trinajstić information content (AvgIpc) is 2.74. The molecule has 1 heterocycles. The van der Waals surface area contributed by atoms with Crippen molar-refractivity contribution in [1.82, 2.24) is 4.57 Å². The SMILES string of the molecule is Cn1c(=CC(=O)C(C)(C)C)sc(=Cc2cccc(C(F)(F)F)c2)c1=O. The van der Waals surface area contributed by atoms with Gasteiger partial charge in [-0.1, -0.05) is 32.9 Å². The van der Waals surface area contributed by atoms with E-state index in [0.717, 1.165) is 23.5 Å². The van der Waals surface area contributed by atoms with Crippen molar-refractivity contribution >= 4 is 29.3 Å². The van der Waals surface area contributed by atoms with Gasteiger partial charge >= 0.3 is 6.18 Å². The van der Waals surface area contributed by atoms with Gasteiger partial charge in [-0.2, -0.15) is 13.2 Å². The molecule has 0 bridgehead atoms. The van der Waals surface area contributed by atoms with Gasteiger partial charge in [0.25, 0.3) is 5.56 Å². The predicted molar refractivity (Wildman–Crippen MR) is 92.7 cm³/mol. The van der Waals surface area contributed by atoms with Crippen LogP contribution in [-0.4, -0.2) is 10.4 Å². The minimum Gasteiger partial charge on any atom is -0.302 e. The van der Waals surface area contributed by atoms with E-state index < -0.39 is 17.2 Å². The van der Waals surface area contributed by atoms with E-state index in [1.54, 1.807) is 20.8 Å². The second-order valence-electron chi connectivity index (χ2n) is 6.69. The first-order chi connectivity index (χ1) is 11.4. The third-order valence-corrected chi connectivity index (χ3v) is 4.68. The van der Waals surface area contributed by atoms with Crippen molar-refractivity contribution in [3.63, 3.8) is 0 Å². The Morgan fingerprint density at radius 2 is 1.84 bits per heavy atom. The maximum atomic E-state index is 12.8. The zero-order chi connectivity index (χ0) is 19.0. The van der Waals surface area contributed by atoms with Gasteiger partial charge in [0, 0.05) is 18.5 Å². The minimum atomic E-state index is -4.44. The molecule has 0 amide bonds. The van der Waals surface area contributed by atoms with Crippen LogP contribution in [0.4, 0.5) is 13.2 Å². The number of nitrogens with zero attached hydrogens (tertiary/aromatic N) is 1. The van der Waals surface area contributed by atoms with Crippen molar-refractivity contribution in [1.29, 1.82) is 0 Å². The number of aromatic nitrogens is 1. The number of carbonyl (C=O) groups excluding carboxylic acids is 1. The number of hydrogen-bond acceptors (Lipinski definition) is 3. The molecule has 1 aromatic carbocycles. The highest BCUT2D eigenvalue weighted by Gasteiger charge is 2.30. The number of ketones is 1. The van der Waals surface area contributed by atoms with Gasteiger partial charge in [0.1, 0.15) is 4.66 Å². The highest BCUT2D eigenvalue weighted by atomic mass is 32.1. The van der Waals surface area contributed by atoms with Gasteiger partial charge in [-0.05, 0) is 23.8 Å². The maximum absolute atomic E-state index is 12.8. The Balaban J connectivity index is 2.58. The van der Waals surface area contributed by atoms with Gasteiger partial charge in [0.15, 0.2) is 5.78 Å². The highest BCUT2D eigenvalue weighted by molar-refractivity contribution is 7.07. The Bertz CT molecular complexity index is 975. The average molecular weight is 369 g/mol. The number of halogens is 3. The fourth-order valence-corrected chi connectivity index (χ4v) is 3.02. The van der Waals surface area contributed by atoms with Gasteiger partial charge in [-0.15, -0.1) is 11.3 Å². The Kier molecular flexibility index (Phi) is 5.09. The first-order valence-corrected chi connectivity index (χ1v) is 8.32. The maximum Gasteiger partial charge on any atom is 0.416 e. The molecule has 0 aliphatic rings. The molecule has 0 saturated carbocycles. The van der Waals surface area contributed by atoms with Crippen LogP contribution in [0.25, 0.3) is 12.2 Å². The second kappa shape index (κ2) is 6.63. The molecular weight excluding hydrogens is 351 g/mol. The summed E-state index contributed by atoms with van der Waals surface area (Å²) in [4.78, 5) is 24.4. The lowest BCUT2D eigenvalue weighted by Crippen LogP contribution is -2.30. The summed E-state index contributed by atoms with van der Waals surface area (Å²) in [5.74, 6) is -0.130. The van der Waals surface area contributed by atoms with E-state index in [4.69, 9.17) is 0 Å². The monoisotopic (exact) mass is 369 g/mol. The van der Waals surface area contributed by atoms with Crippen LogP contribution in [0.15, 0.2) is 29.1 Å². The largest absolute Gasteiger partial charge is 0.416 e. The number of thiazole rings is 1. The Morgan fingerprint density at radius 3 is 2.40 bits per heavy atom. The second-order valence-corrected chi connectivity index (χ2v) is 7.76. The van der Waals surface area contributed by atoms with E-state index in [1.165, 1.54) is 35.9 Å². The first kappa shape index (κ1) is 19.2. The summed E-state index contributed by atoms with van der Waals surface area (Å²) in [5, 5.41) is 0. The molecule has 0 aliphatic carbocycles. The van der Waals surface area contributed by atoms with E-state index in [2.05, 4.69) is 0 Å². The van der Waals surface area contributed by atoms with Crippen molar-refractivity contribution < 1.29 is 18.0 Å². The first-order valence-electron chi connectivity index (χ1n) is 7.50. The number of carbonyl (C=O) groups is 1. The Morgan fingerprint density at radius 1 is 1.20 bits per heavy atom. The summed E-state index contributed by atoms with van der Waals surface area (Å²) in [6.45, 7) is 5.31. The topological polar surface area (TPSA) is 39.1 Å². The molecule has 25 heavy (non-hydrogen) atoms. The zero-order valence-corrected chi connectivity index (χ0v) is 15.1. The molecule has 7 heteroatoms. The smallest absolute Gasteiger partial charge is 0.302 e. The summed E-state index contributed by atoms with van der Waals surface area (Å²) < 4.78 is 40.4. The molecule has 134 valence electrons. The molecule has 0 fully saturated rings. The molecule has 0 spiro atoms. The van der Waals surface area contributed by atoms with E-state index in [9.17, 15) is 22.8 Å². The predicted octanol–water partition coefficient (Wildman–Crippen LogP) is 2.69. The van der Waals surface area contributed by atoms with Crippen LogP contribution in [0.2, 0.25) is 0 Å². The normalized spacial score (nSPS) is 14.2. The Hall–Kier alpha value is -2.15. The molecule has 2 rings (SSSR count). The molecule has 3 nitrogen and oxygen atoms in total. The molecule has 0 saturated heterocycles. The van der Waals surface area contributed by atoms with Crippen LogP contribution >= 0.6 is 11.3 Å². The molecule has 0 aliphatic heterocycles. The van der Waals surface area contributed by atoms with Crippen LogP contribution < -0.4 is 14.8 Å². The number of rotatable bonds is 2. The fraction of sp³-hybridized carbons (Fsp3) is 0.333. The van der Waals surface area contributed by atoms with Crippen molar-refractivity contribution in [3.8, 4) is 0 Å². The van der Waals surface area contributed by atoms with Gasteiger partial charge in [-0.3, -0.25) is 9.59 Å². The molecule has 0 N–H and O–H groups in total. The van der Waals surface area contributed by atoms with Crippen LogP contribution in [0.5, 0.6) is 0 Å². The van der Waals surface area contributed by atoms with Crippen molar-refractivity contribution in [2.45, 2.75) is 26.9 Å². The highest BCUT2D eigenvalue weighted by Crippen LogP contribution is 2.29. The summed E-state index contributed by atoms with van der Waals surface area (Å²) in [6.07, 6.45) is -1.64. The lowest BCUT2D eigenvalue weighted by Gasteiger charge is -2.12. The molecule has 1 aromatic heterocycles.